The third-order valence-electron chi connectivity index (χ3n) is 3.98. The van der Waals surface area contributed by atoms with Crippen LogP contribution in [0.25, 0.3) is 10.2 Å². The van der Waals surface area contributed by atoms with Crippen molar-refractivity contribution in [1.82, 2.24) is 8.87 Å². The average molecular weight is 408 g/mol. The minimum absolute atomic E-state index is 0.352. The summed E-state index contributed by atoms with van der Waals surface area (Å²) >= 11 is 13.6. The lowest BCUT2D eigenvalue weighted by molar-refractivity contribution is -0.121. The summed E-state index contributed by atoms with van der Waals surface area (Å²) in [6, 6.07) is 2.77. The van der Waals surface area contributed by atoms with Crippen LogP contribution in [0.4, 0.5) is 0 Å². The van der Waals surface area contributed by atoms with Gasteiger partial charge in [0.05, 0.1) is 26.5 Å². The van der Waals surface area contributed by atoms with Crippen molar-refractivity contribution >= 4 is 60.7 Å². The number of rotatable bonds is 2. The molecule has 1 amide bonds. The Labute approximate surface area is 153 Å². The van der Waals surface area contributed by atoms with Crippen LogP contribution in [-0.4, -0.2) is 42.0 Å². The van der Waals surface area contributed by atoms with E-state index in [0.717, 1.165) is 11.0 Å². The molecule has 3 rings (SSSR count). The molecular weight excluding hydrogens is 393 g/mol. The highest BCUT2D eigenvalue weighted by Crippen LogP contribution is 2.31. The van der Waals surface area contributed by atoms with Gasteiger partial charge in [-0.15, -0.1) is 0 Å². The fraction of sp³-hybridized carbons (Fsp3) is 0.429. The number of aryl methyl sites for hydroxylation is 1. The van der Waals surface area contributed by atoms with Gasteiger partial charge in [-0.3, -0.25) is 4.79 Å². The molecule has 0 bridgehead atoms. The Morgan fingerprint density at radius 3 is 2.75 bits per heavy atom. The third-order valence-corrected chi connectivity index (χ3v) is 7.16. The molecule has 0 aliphatic carbocycles. The highest BCUT2D eigenvalue weighted by molar-refractivity contribution is 7.88. The zero-order valence-electron chi connectivity index (χ0n) is 13.0. The van der Waals surface area contributed by atoms with Crippen LogP contribution in [0.3, 0.4) is 0 Å². The van der Waals surface area contributed by atoms with Crippen molar-refractivity contribution in [3.63, 3.8) is 0 Å². The quantitative estimate of drug-likeness (QED) is 0.766. The molecule has 1 aromatic heterocycles. The number of amides is 1. The molecule has 1 atom stereocenters. The number of nitrogens with zero attached hydrogens (tertiary/aromatic N) is 3. The van der Waals surface area contributed by atoms with E-state index in [1.807, 2.05) is 6.07 Å². The van der Waals surface area contributed by atoms with Gasteiger partial charge in [0.2, 0.25) is 10.0 Å². The summed E-state index contributed by atoms with van der Waals surface area (Å²) in [6.07, 6.45) is 2.25. The van der Waals surface area contributed by atoms with Crippen molar-refractivity contribution in [1.29, 1.82) is 0 Å². The Bertz CT molecular complexity index is 995. The number of benzene rings is 1. The molecule has 0 N–H and O–H groups in total. The van der Waals surface area contributed by atoms with Crippen molar-refractivity contribution in [3.05, 3.63) is 27.0 Å². The van der Waals surface area contributed by atoms with Gasteiger partial charge in [-0.05, 0) is 25.0 Å². The van der Waals surface area contributed by atoms with Gasteiger partial charge in [0.25, 0.3) is 5.91 Å². The molecule has 0 saturated carbocycles. The predicted octanol–water partition coefficient (Wildman–Crippen LogP) is 2.40. The minimum atomic E-state index is -3.43. The molecule has 1 aromatic carbocycles. The van der Waals surface area contributed by atoms with Crippen LogP contribution < -0.4 is 4.80 Å². The molecule has 130 valence electrons. The Hall–Kier alpha value is -0.930. The molecule has 1 aliphatic heterocycles. The maximum atomic E-state index is 12.5. The van der Waals surface area contributed by atoms with Gasteiger partial charge in [0.1, 0.15) is 6.04 Å². The molecule has 1 saturated heterocycles. The van der Waals surface area contributed by atoms with Crippen LogP contribution in [-0.2, 0) is 21.9 Å². The fourth-order valence-electron chi connectivity index (χ4n) is 2.83. The van der Waals surface area contributed by atoms with E-state index in [1.165, 1.54) is 15.6 Å². The summed E-state index contributed by atoms with van der Waals surface area (Å²) in [7, 11) is -1.68. The molecule has 1 unspecified atom stereocenters. The molecule has 0 spiro atoms. The van der Waals surface area contributed by atoms with Crippen molar-refractivity contribution in [3.8, 4) is 0 Å². The molecule has 0 radical (unpaired) electrons. The van der Waals surface area contributed by atoms with Gasteiger partial charge in [0.15, 0.2) is 4.80 Å². The Balaban J connectivity index is 2.06. The van der Waals surface area contributed by atoms with Crippen molar-refractivity contribution in [2.45, 2.75) is 18.9 Å². The number of fused-ring (bicyclic) bond motifs is 1. The monoisotopic (exact) mass is 407 g/mol. The zero-order valence-corrected chi connectivity index (χ0v) is 16.1. The molecule has 2 heterocycles. The van der Waals surface area contributed by atoms with Gasteiger partial charge >= 0.3 is 0 Å². The second-order valence-corrected chi connectivity index (χ2v) is 9.36. The van der Waals surface area contributed by atoms with E-state index in [9.17, 15) is 13.2 Å². The Morgan fingerprint density at radius 1 is 1.38 bits per heavy atom. The highest BCUT2D eigenvalue weighted by atomic mass is 35.5. The van der Waals surface area contributed by atoms with Crippen LogP contribution in [0, 0.1) is 0 Å². The van der Waals surface area contributed by atoms with Crippen molar-refractivity contribution < 1.29 is 13.2 Å². The minimum Gasteiger partial charge on any atom is -0.318 e. The van der Waals surface area contributed by atoms with Gasteiger partial charge in [0, 0.05) is 13.6 Å². The zero-order chi connectivity index (χ0) is 17.6. The Kier molecular flexibility index (Phi) is 4.78. The van der Waals surface area contributed by atoms with Crippen LogP contribution in [0.15, 0.2) is 17.1 Å². The maximum Gasteiger partial charge on any atom is 0.266 e. The predicted molar refractivity (Wildman–Crippen MR) is 96.0 cm³/mol. The average Bonchev–Trinajstić information content (AvgIpc) is 3.09. The normalized spacial score (nSPS) is 20.2. The van der Waals surface area contributed by atoms with Crippen LogP contribution in [0.2, 0.25) is 10.0 Å². The summed E-state index contributed by atoms with van der Waals surface area (Å²) in [4.78, 5) is 17.1. The fourth-order valence-corrected chi connectivity index (χ4v) is 5.48. The molecule has 10 heteroatoms. The van der Waals surface area contributed by atoms with E-state index in [0.29, 0.717) is 39.7 Å². The lowest BCUT2D eigenvalue weighted by Gasteiger charge is -2.18. The summed E-state index contributed by atoms with van der Waals surface area (Å²) in [5.41, 5.74) is 0.701. The van der Waals surface area contributed by atoms with E-state index in [2.05, 4.69) is 4.99 Å². The Morgan fingerprint density at radius 2 is 2.08 bits per heavy atom. The molecule has 24 heavy (non-hydrogen) atoms. The molecule has 1 aliphatic rings. The molecular formula is C14H15Cl2N3O3S2. The maximum absolute atomic E-state index is 12.5. The largest absolute Gasteiger partial charge is 0.318 e. The van der Waals surface area contributed by atoms with E-state index >= 15 is 0 Å². The highest BCUT2D eigenvalue weighted by Gasteiger charge is 2.36. The SMILES string of the molecule is Cn1c(=NC(=O)C2CCCN2S(C)(=O)=O)sc2ccc(Cl)c(Cl)c21. The summed E-state index contributed by atoms with van der Waals surface area (Å²) in [5.74, 6) is -0.456. The second-order valence-electron chi connectivity index (χ2n) is 5.63. The van der Waals surface area contributed by atoms with Crippen molar-refractivity contribution in [2.75, 3.05) is 12.8 Å². The number of carbonyl (C=O) groups is 1. The van der Waals surface area contributed by atoms with E-state index in [-0.39, 0.29) is 0 Å². The third kappa shape index (κ3) is 3.13. The number of hydrogen-bond acceptors (Lipinski definition) is 4. The number of hydrogen-bond donors (Lipinski definition) is 0. The van der Waals surface area contributed by atoms with Crippen LogP contribution in [0.5, 0.6) is 0 Å². The lowest BCUT2D eigenvalue weighted by atomic mass is 10.2. The lowest BCUT2D eigenvalue weighted by Crippen LogP contribution is -2.39. The molecule has 6 nitrogen and oxygen atoms in total. The summed E-state index contributed by atoms with van der Waals surface area (Å²) in [5, 5.41) is 0.829. The number of thiazole rings is 1. The van der Waals surface area contributed by atoms with E-state index < -0.39 is 22.0 Å². The summed E-state index contributed by atoms with van der Waals surface area (Å²) < 4.78 is 27.3. The number of carbonyl (C=O) groups excluding carboxylic acids is 1. The van der Waals surface area contributed by atoms with Gasteiger partial charge in [-0.1, -0.05) is 34.5 Å². The van der Waals surface area contributed by atoms with E-state index in [1.54, 1.807) is 17.7 Å². The number of sulfonamides is 1. The molecule has 2 aromatic rings. The first-order chi connectivity index (χ1) is 11.2. The first-order valence-corrected chi connectivity index (χ1v) is 10.6. The molecule has 1 fully saturated rings. The van der Waals surface area contributed by atoms with Crippen LogP contribution in [0.1, 0.15) is 12.8 Å². The first-order valence-electron chi connectivity index (χ1n) is 7.19. The van der Waals surface area contributed by atoms with Crippen LogP contribution >= 0.6 is 34.5 Å². The standard InChI is InChI=1S/C14H15Cl2N3O3S2/c1-18-12-10(6-5-8(15)11(12)16)23-14(18)17-13(20)9-4-3-7-19(9)24(2,21)22/h5-6,9H,3-4,7H2,1-2H3. The summed E-state index contributed by atoms with van der Waals surface area (Å²) in [6.45, 7) is 0.352. The first kappa shape index (κ1) is 17.9. The van der Waals surface area contributed by atoms with Gasteiger partial charge in [-0.2, -0.15) is 9.30 Å². The topological polar surface area (TPSA) is 71.7 Å². The van der Waals surface area contributed by atoms with Gasteiger partial charge in [-0.25, -0.2) is 8.42 Å². The second kappa shape index (κ2) is 6.42. The van der Waals surface area contributed by atoms with E-state index in [4.69, 9.17) is 23.2 Å². The number of halogens is 2. The van der Waals surface area contributed by atoms with Crippen molar-refractivity contribution in [2.24, 2.45) is 12.0 Å². The van der Waals surface area contributed by atoms with Gasteiger partial charge < -0.3 is 4.57 Å². The number of aromatic nitrogens is 1. The smallest absolute Gasteiger partial charge is 0.266 e.